The molecule has 0 radical (unpaired) electrons. The van der Waals surface area contributed by atoms with Crippen LogP contribution in [0.1, 0.15) is 12.8 Å². The minimum absolute atomic E-state index is 0.0168. The molecule has 5 nitrogen and oxygen atoms in total. The van der Waals surface area contributed by atoms with Gasteiger partial charge in [-0.1, -0.05) is 65.8 Å². The maximum atomic E-state index is 12.3. The number of carbonyl (C=O) groups excluding carboxylic acids is 1. The number of H-pyrrole nitrogens is 1. The summed E-state index contributed by atoms with van der Waals surface area (Å²) >= 11 is 7.56. The van der Waals surface area contributed by atoms with Gasteiger partial charge in [0.15, 0.2) is 0 Å². The second-order valence-corrected chi connectivity index (χ2v) is 8.27. The number of benzene rings is 2. The third-order valence-electron chi connectivity index (χ3n) is 4.72. The molecule has 0 spiro atoms. The largest absolute Gasteiger partial charge is 0.376 e. The van der Waals surface area contributed by atoms with Gasteiger partial charge in [-0.2, -0.15) is 0 Å². The number of ether oxygens (including phenoxy) is 1. The molecule has 4 rings (SSSR count). The smallest absolute Gasteiger partial charge is 0.230 e. The number of hydrogen-bond acceptors (Lipinski definition) is 4. The Hall–Kier alpha value is -2.28. The molecule has 0 saturated carbocycles. The fourth-order valence-corrected chi connectivity index (χ4v) is 4.28. The fourth-order valence-electron chi connectivity index (χ4n) is 3.25. The molecular weight excluding hydrogens is 406 g/mol. The van der Waals surface area contributed by atoms with Gasteiger partial charge in [-0.05, 0) is 25.0 Å². The van der Waals surface area contributed by atoms with Gasteiger partial charge in [-0.25, -0.2) is 4.98 Å². The van der Waals surface area contributed by atoms with Crippen molar-refractivity contribution in [1.29, 1.82) is 0 Å². The highest BCUT2D eigenvalue weighted by Crippen LogP contribution is 2.33. The Morgan fingerprint density at radius 1 is 1.21 bits per heavy atom. The Labute approximate surface area is 179 Å². The van der Waals surface area contributed by atoms with Crippen molar-refractivity contribution in [3.05, 3.63) is 59.6 Å². The zero-order chi connectivity index (χ0) is 20.1. The highest BCUT2D eigenvalue weighted by Gasteiger charge is 2.18. The molecule has 29 heavy (non-hydrogen) atoms. The third-order valence-corrected chi connectivity index (χ3v) is 5.93. The molecule has 1 saturated heterocycles. The van der Waals surface area contributed by atoms with Gasteiger partial charge in [0.05, 0.1) is 17.6 Å². The van der Waals surface area contributed by atoms with Crippen LogP contribution in [0, 0.1) is 0 Å². The number of nitrogens with one attached hydrogen (secondary N) is 2. The third kappa shape index (κ3) is 5.21. The first-order valence-corrected chi connectivity index (χ1v) is 11.0. The topological polar surface area (TPSA) is 67.0 Å². The maximum absolute atomic E-state index is 12.3. The van der Waals surface area contributed by atoms with Crippen molar-refractivity contribution in [1.82, 2.24) is 15.3 Å². The van der Waals surface area contributed by atoms with Gasteiger partial charge in [0.25, 0.3) is 0 Å². The van der Waals surface area contributed by atoms with Crippen LogP contribution in [0.25, 0.3) is 22.6 Å². The van der Waals surface area contributed by atoms with E-state index in [1.54, 1.807) is 0 Å². The molecule has 1 fully saturated rings. The van der Waals surface area contributed by atoms with E-state index in [2.05, 4.69) is 10.3 Å². The molecule has 0 bridgehead atoms. The van der Waals surface area contributed by atoms with Crippen LogP contribution in [0.5, 0.6) is 0 Å². The summed E-state index contributed by atoms with van der Waals surface area (Å²) in [6.07, 6.45) is 2.21. The molecule has 2 aromatic carbocycles. The van der Waals surface area contributed by atoms with Crippen LogP contribution in [-0.2, 0) is 9.53 Å². The molecule has 0 aliphatic carbocycles. The van der Waals surface area contributed by atoms with Crippen molar-refractivity contribution in [2.75, 3.05) is 18.9 Å². The van der Waals surface area contributed by atoms with Gasteiger partial charge in [-0.3, -0.25) is 4.79 Å². The van der Waals surface area contributed by atoms with Crippen LogP contribution < -0.4 is 5.32 Å². The van der Waals surface area contributed by atoms with E-state index in [-0.39, 0.29) is 12.0 Å². The average Bonchev–Trinajstić information content (AvgIpc) is 3.41. The van der Waals surface area contributed by atoms with Crippen molar-refractivity contribution in [2.24, 2.45) is 0 Å². The summed E-state index contributed by atoms with van der Waals surface area (Å²) in [5.41, 5.74) is 2.83. The van der Waals surface area contributed by atoms with E-state index in [9.17, 15) is 4.79 Å². The predicted molar refractivity (Wildman–Crippen MR) is 117 cm³/mol. The molecule has 150 valence electrons. The number of carbonyl (C=O) groups is 1. The molecule has 1 aliphatic heterocycles. The van der Waals surface area contributed by atoms with Crippen LogP contribution in [0.4, 0.5) is 0 Å². The Morgan fingerprint density at radius 3 is 2.79 bits per heavy atom. The summed E-state index contributed by atoms with van der Waals surface area (Å²) in [6.45, 7) is 1.36. The first-order chi connectivity index (χ1) is 14.2. The Morgan fingerprint density at radius 2 is 2.03 bits per heavy atom. The molecular formula is C22H22ClN3O2S. The number of thioether (sulfide) groups is 1. The van der Waals surface area contributed by atoms with E-state index in [0.29, 0.717) is 17.3 Å². The second-order valence-electron chi connectivity index (χ2n) is 6.87. The zero-order valence-electron chi connectivity index (χ0n) is 15.9. The predicted octanol–water partition coefficient (Wildman–Crippen LogP) is 4.78. The van der Waals surface area contributed by atoms with Crippen LogP contribution >= 0.6 is 23.4 Å². The quantitative estimate of drug-likeness (QED) is 0.532. The number of halogens is 1. The van der Waals surface area contributed by atoms with Crippen molar-refractivity contribution >= 4 is 29.3 Å². The highest BCUT2D eigenvalue weighted by atomic mass is 35.5. The van der Waals surface area contributed by atoms with Crippen molar-refractivity contribution in [2.45, 2.75) is 24.0 Å². The zero-order valence-corrected chi connectivity index (χ0v) is 17.4. The van der Waals surface area contributed by atoms with Gasteiger partial charge in [0.1, 0.15) is 10.9 Å². The molecule has 1 aromatic heterocycles. The molecule has 1 amide bonds. The minimum Gasteiger partial charge on any atom is -0.376 e. The van der Waals surface area contributed by atoms with Gasteiger partial charge in [0, 0.05) is 29.3 Å². The molecule has 1 unspecified atom stereocenters. The summed E-state index contributed by atoms with van der Waals surface area (Å²) in [4.78, 5) is 20.5. The van der Waals surface area contributed by atoms with Gasteiger partial charge in [0.2, 0.25) is 5.91 Å². The molecule has 7 heteroatoms. The molecule has 3 aromatic rings. The summed E-state index contributed by atoms with van der Waals surface area (Å²) in [5, 5.41) is 4.41. The first-order valence-electron chi connectivity index (χ1n) is 9.61. The van der Waals surface area contributed by atoms with E-state index in [4.69, 9.17) is 21.3 Å². The lowest BCUT2D eigenvalue weighted by Crippen LogP contribution is -2.32. The number of imidazole rings is 1. The lowest BCUT2D eigenvalue weighted by molar-refractivity contribution is -0.119. The summed E-state index contributed by atoms with van der Waals surface area (Å²) in [6, 6.07) is 17.6. The molecule has 1 atom stereocenters. The van der Waals surface area contributed by atoms with Crippen LogP contribution in [0.15, 0.2) is 59.6 Å². The van der Waals surface area contributed by atoms with Crippen LogP contribution in [0.3, 0.4) is 0 Å². The average molecular weight is 428 g/mol. The Balaban J connectivity index is 1.50. The molecule has 1 aliphatic rings. The fraction of sp³-hybridized carbons (Fsp3) is 0.273. The maximum Gasteiger partial charge on any atom is 0.230 e. The first kappa shape index (κ1) is 20.0. The van der Waals surface area contributed by atoms with Crippen LogP contribution in [0.2, 0.25) is 5.02 Å². The highest BCUT2D eigenvalue weighted by molar-refractivity contribution is 8.00. The van der Waals surface area contributed by atoms with Crippen molar-refractivity contribution in [3.8, 4) is 22.6 Å². The second kappa shape index (κ2) is 9.48. The number of aromatic amines is 1. The summed E-state index contributed by atoms with van der Waals surface area (Å²) in [5.74, 6) is 1.01. The standard InChI is InChI=1S/C22H22ClN3O2S/c23-17-9-4-8-16(12-17)21-25-20(15-6-2-1-3-7-15)22(26-21)29-14-19(27)24-13-18-10-5-11-28-18/h1-4,6-9,12,18H,5,10-11,13-14H2,(H,24,27)(H,25,26). The van der Waals surface area contributed by atoms with E-state index in [0.717, 1.165) is 47.1 Å². The summed E-state index contributed by atoms with van der Waals surface area (Å²) in [7, 11) is 0. The Bertz CT molecular complexity index is 971. The van der Waals surface area contributed by atoms with Crippen molar-refractivity contribution < 1.29 is 9.53 Å². The van der Waals surface area contributed by atoms with Gasteiger partial charge >= 0.3 is 0 Å². The SMILES string of the molecule is O=C(CSc1nc(-c2cccc(Cl)c2)[nH]c1-c1ccccc1)NCC1CCCO1. The van der Waals surface area contributed by atoms with E-state index >= 15 is 0 Å². The number of nitrogens with zero attached hydrogens (tertiary/aromatic N) is 1. The van der Waals surface area contributed by atoms with Gasteiger partial charge in [-0.15, -0.1) is 0 Å². The number of rotatable bonds is 7. The minimum atomic E-state index is -0.0168. The van der Waals surface area contributed by atoms with Crippen LogP contribution in [-0.4, -0.2) is 40.9 Å². The summed E-state index contributed by atoms with van der Waals surface area (Å²) < 4.78 is 5.56. The van der Waals surface area contributed by atoms with E-state index in [1.165, 1.54) is 11.8 Å². The monoisotopic (exact) mass is 427 g/mol. The van der Waals surface area contributed by atoms with Crippen molar-refractivity contribution in [3.63, 3.8) is 0 Å². The van der Waals surface area contributed by atoms with E-state index in [1.807, 2.05) is 54.6 Å². The lowest BCUT2D eigenvalue weighted by Gasteiger charge is -2.10. The lowest BCUT2D eigenvalue weighted by atomic mass is 10.2. The van der Waals surface area contributed by atoms with E-state index < -0.39 is 0 Å². The Kier molecular flexibility index (Phi) is 6.54. The number of amides is 1. The van der Waals surface area contributed by atoms with Gasteiger partial charge < -0.3 is 15.0 Å². The number of aromatic nitrogens is 2. The molecule has 2 N–H and O–H groups in total. The molecule has 2 heterocycles. The normalized spacial score (nSPS) is 16.1. The number of hydrogen-bond donors (Lipinski definition) is 2.